The Kier molecular flexibility index (Phi) is 5.67. The molecule has 0 radical (unpaired) electrons. The van der Waals surface area contributed by atoms with Crippen molar-refractivity contribution in [2.45, 2.75) is 19.4 Å². The molecule has 0 unspecified atom stereocenters. The van der Waals surface area contributed by atoms with E-state index in [9.17, 15) is 4.79 Å². The van der Waals surface area contributed by atoms with E-state index in [1.807, 2.05) is 12.1 Å². The molecular weight excluding hydrogens is 328 g/mol. The van der Waals surface area contributed by atoms with E-state index in [0.29, 0.717) is 29.7 Å². The van der Waals surface area contributed by atoms with Crippen LogP contribution in [0, 0.1) is 5.92 Å². The van der Waals surface area contributed by atoms with Gasteiger partial charge < -0.3 is 14.8 Å². The smallest absolute Gasteiger partial charge is 0.229 e. The van der Waals surface area contributed by atoms with Gasteiger partial charge in [0.2, 0.25) is 5.91 Å². The lowest BCUT2D eigenvalue weighted by atomic mass is 10.0. The molecular formula is C18H19ClN2O3. The number of aromatic nitrogens is 1. The molecule has 1 atom stereocenters. The zero-order valence-corrected chi connectivity index (χ0v) is 14.0. The number of carbonyl (C=O) groups excluding carboxylic acids is 1. The highest BCUT2D eigenvalue weighted by molar-refractivity contribution is 6.32. The first-order valence-electron chi connectivity index (χ1n) is 7.92. The van der Waals surface area contributed by atoms with Crippen LogP contribution in [0.25, 0.3) is 0 Å². The predicted octanol–water partition coefficient (Wildman–Crippen LogP) is 3.68. The molecule has 1 aromatic carbocycles. The molecule has 1 amide bonds. The van der Waals surface area contributed by atoms with Gasteiger partial charge in [0.1, 0.15) is 12.4 Å². The molecule has 6 heteroatoms. The van der Waals surface area contributed by atoms with Crippen molar-refractivity contribution >= 4 is 23.2 Å². The molecule has 0 saturated carbocycles. The summed E-state index contributed by atoms with van der Waals surface area (Å²) in [6.45, 7) is 1.60. The first kappa shape index (κ1) is 16.7. The van der Waals surface area contributed by atoms with Crippen molar-refractivity contribution in [3.05, 3.63) is 53.3 Å². The largest absolute Gasteiger partial charge is 0.487 e. The van der Waals surface area contributed by atoms with Gasteiger partial charge in [-0.15, -0.1) is 0 Å². The van der Waals surface area contributed by atoms with Crippen LogP contribution in [0.5, 0.6) is 5.75 Å². The Hall–Kier alpha value is -2.11. The van der Waals surface area contributed by atoms with Gasteiger partial charge in [-0.25, -0.2) is 0 Å². The van der Waals surface area contributed by atoms with Crippen LogP contribution in [0.2, 0.25) is 5.02 Å². The second-order valence-electron chi connectivity index (χ2n) is 5.70. The Balaban J connectivity index is 1.58. The van der Waals surface area contributed by atoms with E-state index in [-0.39, 0.29) is 11.8 Å². The molecule has 1 aromatic heterocycles. The highest BCUT2D eigenvalue weighted by Gasteiger charge is 2.21. The number of rotatable bonds is 5. The Bertz CT molecular complexity index is 688. The molecule has 126 valence electrons. The standard InChI is InChI=1S/C18H19ClN2O3/c19-16-9-15(21-18(22)14-4-2-8-23-12-14)5-6-17(16)24-11-13-3-1-7-20-10-13/h1,3,5-7,9-10,14H,2,4,8,11-12H2,(H,21,22)/t14-/m1/s1. The molecule has 3 rings (SSSR count). The van der Waals surface area contributed by atoms with Crippen LogP contribution in [0.4, 0.5) is 5.69 Å². The molecule has 2 aromatic rings. The van der Waals surface area contributed by atoms with Crippen molar-refractivity contribution in [3.63, 3.8) is 0 Å². The lowest BCUT2D eigenvalue weighted by Gasteiger charge is -2.21. The molecule has 0 bridgehead atoms. The number of hydrogen-bond acceptors (Lipinski definition) is 4. The van der Waals surface area contributed by atoms with Crippen LogP contribution < -0.4 is 10.1 Å². The van der Waals surface area contributed by atoms with Crippen LogP contribution >= 0.6 is 11.6 Å². The molecule has 1 aliphatic heterocycles. The second-order valence-corrected chi connectivity index (χ2v) is 6.11. The number of ether oxygens (including phenoxy) is 2. The van der Waals surface area contributed by atoms with E-state index in [4.69, 9.17) is 21.1 Å². The molecule has 1 N–H and O–H groups in total. The van der Waals surface area contributed by atoms with Crippen LogP contribution in [0.15, 0.2) is 42.7 Å². The molecule has 0 aliphatic carbocycles. The number of benzene rings is 1. The lowest BCUT2D eigenvalue weighted by Crippen LogP contribution is -2.30. The number of pyridine rings is 1. The fourth-order valence-corrected chi connectivity index (χ4v) is 2.77. The minimum Gasteiger partial charge on any atom is -0.487 e. The quantitative estimate of drug-likeness (QED) is 0.897. The van der Waals surface area contributed by atoms with Crippen molar-refractivity contribution in [2.24, 2.45) is 5.92 Å². The normalized spacial score (nSPS) is 17.3. The fraction of sp³-hybridized carbons (Fsp3) is 0.333. The summed E-state index contributed by atoms with van der Waals surface area (Å²) >= 11 is 6.25. The Morgan fingerprint density at radius 2 is 2.33 bits per heavy atom. The maximum Gasteiger partial charge on any atom is 0.229 e. The van der Waals surface area contributed by atoms with Gasteiger partial charge in [0.25, 0.3) is 0 Å². The monoisotopic (exact) mass is 346 g/mol. The molecule has 1 aliphatic rings. The van der Waals surface area contributed by atoms with Gasteiger partial charge in [-0.3, -0.25) is 9.78 Å². The van der Waals surface area contributed by atoms with Gasteiger partial charge in [0.05, 0.1) is 17.5 Å². The zero-order valence-electron chi connectivity index (χ0n) is 13.2. The van der Waals surface area contributed by atoms with Crippen molar-refractivity contribution in [1.29, 1.82) is 0 Å². The van der Waals surface area contributed by atoms with E-state index in [0.717, 1.165) is 25.0 Å². The average Bonchev–Trinajstić information content (AvgIpc) is 2.62. The Morgan fingerprint density at radius 1 is 1.42 bits per heavy atom. The molecule has 0 spiro atoms. The van der Waals surface area contributed by atoms with Crippen LogP contribution in [-0.2, 0) is 16.1 Å². The maximum atomic E-state index is 12.2. The summed E-state index contributed by atoms with van der Waals surface area (Å²) in [6.07, 6.45) is 5.23. The van der Waals surface area contributed by atoms with Crippen LogP contribution in [0.3, 0.4) is 0 Å². The second kappa shape index (κ2) is 8.13. The van der Waals surface area contributed by atoms with E-state index in [1.54, 1.807) is 30.6 Å². The van der Waals surface area contributed by atoms with Gasteiger partial charge in [0, 0.05) is 30.3 Å². The van der Waals surface area contributed by atoms with Gasteiger partial charge in [-0.1, -0.05) is 17.7 Å². The van der Waals surface area contributed by atoms with Gasteiger partial charge in [-0.2, -0.15) is 0 Å². The zero-order chi connectivity index (χ0) is 16.8. The van der Waals surface area contributed by atoms with Gasteiger partial charge >= 0.3 is 0 Å². The highest BCUT2D eigenvalue weighted by Crippen LogP contribution is 2.29. The molecule has 1 saturated heterocycles. The third-order valence-corrected chi connectivity index (χ3v) is 4.14. The minimum absolute atomic E-state index is 0.0326. The summed E-state index contributed by atoms with van der Waals surface area (Å²) in [6, 6.07) is 9.02. The SMILES string of the molecule is O=C(Nc1ccc(OCc2cccnc2)c(Cl)c1)[C@@H]1CCCOC1. The van der Waals surface area contributed by atoms with Crippen molar-refractivity contribution in [3.8, 4) is 5.75 Å². The number of anilines is 1. The number of halogens is 1. The molecule has 1 fully saturated rings. The number of nitrogens with zero attached hydrogens (tertiary/aromatic N) is 1. The molecule has 2 heterocycles. The van der Waals surface area contributed by atoms with Gasteiger partial charge in [-0.05, 0) is 37.1 Å². The van der Waals surface area contributed by atoms with E-state index < -0.39 is 0 Å². The maximum absolute atomic E-state index is 12.2. The first-order valence-corrected chi connectivity index (χ1v) is 8.30. The molecule has 24 heavy (non-hydrogen) atoms. The van der Waals surface area contributed by atoms with E-state index in [2.05, 4.69) is 10.3 Å². The summed E-state index contributed by atoms with van der Waals surface area (Å²) in [7, 11) is 0. The Morgan fingerprint density at radius 3 is 3.04 bits per heavy atom. The first-order chi connectivity index (χ1) is 11.7. The Labute approximate surface area is 145 Å². The lowest BCUT2D eigenvalue weighted by molar-refractivity contribution is -0.123. The van der Waals surface area contributed by atoms with Crippen molar-refractivity contribution < 1.29 is 14.3 Å². The summed E-state index contributed by atoms with van der Waals surface area (Å²) < 4.78 is 11.0. The number of carbonyl (C=O) groups is 1. The van der Waals surface area contributed by atoms with Crippen LogP contribution in [0.1, 0.15) is 18.4 Å². The number of nitrogens with one attached hydrogen (secondary N) is 1. The summed E-state index contributed by atoms with van der Waals surface area (Å²) in [5, 5.41) is 3.34. The summed E-state index contributed by atoms with van der Waals surface area (Å²) in [5.41, 5.74) is 1.62. The highest BCUT2D eigenvalue weighted by atomic mass is 35.5. The fourth-order valence-electron chi connectivity index (χ4n) is 2.53. The summed E-state index contributed by atoms with van der Waals surface area (Å²) in [5.74, 6) is 0.438. The number of amides is 1. The predicted molar refractivity (Wildman–Crippen MR) is 92.2 cm³/mol. The van der Waals surface area contributed by atoms with Crippen molar-refractivity contribution in [1.82, 2.24) is 4.98 Å². The average molecular weight is 347 g/mol. The molecule has 5 nitrogen and oxygen atoms in total. The van der Waals surface area contributed by atoms with Crippen molar-refractivity contribution in [2.75, 3.05) is 18.5 Å². The van der Waals surface area contributed by atoms with E-state index in [1.165, 1.54) is 0 Å². The van der Waals surface area contributed by atoms with E-state index >= 15 is 0 Å². The summed E-state index contributed by atoms with van der Waals surface area (Å²) in [4.78, 5) is 16.2. The van der Waals surface area contributed by atoms with Crippen LogP contribution in [-0.4, -0.2) is 24.1 Å². The minimum atomic E-state index is -0.0981. The number of hydrogen-bond donors (Lipinski definition) is 1. The topological polar surface area (TPSA) is 60.5 Å². The third kappa shape index (κ3) is 4.46. The van der Waals surface area contributed by atoms with Gasteiger partial charge in [0.15, 0.2) is 0 Å². The third-order valence-electron chi connectivity index (χ3n) is 3.85.